The molecule has 5 aromatic rings. The average Bonchev–Trinajstić information content (AvgIpc) is 3.13. The predicted molar refractivity (Wildman–Crippen MR) is 203 cm³/mol. The lowest BCUT2D eigenvalue weighted by Gasteiger charge is -2.18. The van der Waals surface area contributed by atoms with Gasteiger partial charge < -0.3 is 30.2 Å². The van der Waals surface area contributed by atoms with E-state index in [1.165, 1.54) is 39.2 Å². The second kappa shape index (κ2) is 17.5. The highest BCUT2D eigenvalue weighted by atomic mass is 35.5. The lowest BCUT2D eigenvalue weighted by Crippen LogP contribution is -2.30. The van der Waals surface area contributed by atoms with Crippen LogP contribution in [0.4, 0.5) is 11.4 Å². The maximum absolute atomic E-state index is 13.7. The molecule has 51 heavy (non-hydrogen) atoms. The molecule has 1 atom stereocenters. The molecule has 0 aliphatic rings. The number of benzene rings is 5. The zero-order valence-electron chi connectivity index (χ0n) is 27.7. The first-order chi connectivity index (χ1) is 24.7. The van der Waals surface area contributed by atoms with Crippen LogP contribution in [-0.4, -0.2) is 39.1 Å². The van der Waals surface area contributed by atoms with Crippen LogP contribution >= 0.6 is 35.0 Å². The van der Waals surface area contributed by atoms with Crippen molar-refractivity contribution in [1.29, 1.82) is 0 Å². The summed E-state index contributed by atoms with van der Waals surface area (Å²) in [5, 5.41) is 8.68. The van der Waals surface area contributed by atoms with Crippen molar-refractivity contribution in [2.24, 2.45) is 0 Å². The van der Waals surface area contributed by atoms with Gasteiger partial charge in [-0.25, -0.2) is 0 Å². The summed E-state index contributed by atoms with van der Waals surface area (Å²) < 4.78 is 16.4. The SMILES string of the molecule is COc1cc(/C=C(\NC(=O)c2ccccc2)C(=O)Nc2ccc(SC(C(=O)Nc3cc(Cl)cc(Cl)c3)c3ccccc3)cc2)cc(OC)c1OC. The Labute approximate surface area is 309 Å². The Morgan fingerprint density at radius 2 is 1.27 bits per heavy atom. The van der Waals surface area contributed by atoms with Crippen LogP contribution in [0.5, 0.6) is 17.2 Å². The molecular weight excluding hydrogens is 709 g/mol. The molecule has 0 saturated carbocycles. The number of hydrogen-bond donors (Lipinski definition) is 3. The summed E-state index contributed by atoms with van der Waals surface area (Å²) in [6.07, 6.45) is 1.51. The van der Waals surface area contributed by atoms with E-state index in [1.807, 2.05) is 30.3 Å². The van der Waals surface area contributed by atoms with E-state index in [2.05, 4.69) is 16.0 Å². The number of carbonyl (C=O) groups excluding carboxylic acids is 3. The summed E-state index contributed by atoms with van der Waals surface area (Å²) in [6, 6.07) is 33.1. The fourth-order valence-electron chi connectivity index (χ4n) is 4.98. The number of ether oxygens (including phenoxy) is 3. The van der Waals surface area contributed by atoms with Crippen molar-refractivity contribution in [3.8, 4) is 17.2 Å². The van der Waals surface area contributed by atoms with Gasteiger partial charge in [0, 0.05) is 31.9 Å². The molecule has 5 rings (SSSR count). The summed E-state index contributed by atoms with van der Waals surface area (Å²) in [7, 11) is 4.47. The molecule has 0 fully saturated rings. The maximum atomic E-state index is 13.7. The largest absolute Gasteiger partial charge is 0.493 e. The molecule has 3 N–H and O–H groups in total. The number of amides is 3. The molecule has 9 nitrogen and oxygen atoms in total. The van der Waals surface area contributed by atoms with Gasteiger partial charge in [0.2, 0.25) is 11.7 Å². The number of thioether (sulfide) groups is 1. The van der Waals surface area contributed by atoms with E-state index in [4.69, 9.17) is 37.4 Å². The number of hydrogen-bond acceptors (Lipinski definition) is 7. The molecule has 0 aliphatic carbocycles. The number of carbonyl (C=O) groups is 3. The highest BCUT2D eigenvalue weighted by Crippen LogP contribution is 2.39. The van der Waals surface area contributed by atoms with E-state index in [1.54, 1.807) is 84.9 Å². The van der Waals surface area contributed by atoms with Crippen LogP contribution in [0.3, 0.4) is 0 Å². The zero-order valence-corrected chi connectivity index (χ0v) is 30.1. The third-order valence-corrected chi connectivity index (χ3v) is 9.07. The normalized spacial score (nSPS) is 11.6. The summed E-state index contributed by atoms with van der Waals surface area (Å²) in [4.78, 5) is 41.2. The summed E-state index contributed by atoms with van der Waals surface area (Å²) in [6.45, 7) is 0. The van der Waals surface area contributed by atoms with Crippen molar-refractivity contribution >= 4 is 70.1 Å². The van der Waals surface area contributed by atoms with Gasteiger partial charge in [0.1, 0.15) is 10.9 Å². The minimum absolute atomic E-state index is 0.0292. The summed E-state index contributed by atoms with van der Waals surface area (Å²) in [5.41, 5.74) is 2.59. The van der Waals surface area contributed by atoms with E-state index in [0.717, 1.165) is 10.5 Å². The molecule has 3 amide bonds. The Morgan fingerprint density at radius 1 is 0.686 bits per heavy atom. The van der Waals surface area contributed by atoms with Crippen LogP contribution in [0.2, 0.25) is 10.0 Å². The molecule has 12 heteroatoms. The van der Waals surface area contributed by atoms with Crippen LogP contribution in [0.15, 0.2) is 126 Å². The van der Waals surface area contributed by atoms with E-state index in [9.17, 15) is 14.4 Å². The minimum atomic E-state index is -0.620. The van der Waals surface area contributed by atoms with Crippen molar-refractivity contribution in [2.45, 2.75) is 10.1 Å². The molecule has 0 heterocycles. The summed E-state index contributed by atoms with van der Waals surface area (Å²) in [5.74, 6) is -0.169. The third-order valence-electron chi connectivity index (χ3n) is 7.36. The molecule has 0 radical (unpaired) electrons. The van der Waals surface area contributed by atoms with Gasteiger partial charge in [0.25, 0.3) is 11.8 Å². The topological polar surface area (TPSA) is 115 Å². The Morgan fingerprint density at radius 3 is 1.84 bits per heavy atom. The highest BCUT2D eigenvalue weighted by molar-refractivity contribution is 8.00. The van der Waals surface area contributed by atoms with Gasteiger partial charge in [-0.2, -0.15) is 0 Å². The number of anilines is 2. The first-order valence-electron chi connectivity index (χ1n) is 15.5. The van der Waals surface area contributed by atoms with Crippen molar-refractivity contribution < 1.29 is 28.6 Å². The maximum Gasteiger partial charge on any atom is 0.272 e. The van der Waals surface area contributed by atoms with Crippen molar-refractivity contribution in [1.82, 2.24) is 5.32 Å². The number of rotatable bonds is 13. The number of nitrogens with one attached hydrogen (secondary N) is 3. The Hall–Kier alpha value is -5.42. The molecule has 0 aromatic heterocycles. The molecule has 1 unspecified atom stereocenters. The van der Waals surface area contributed by atoms with Crippen LogP contribution in [0.25, 0.3) is 6.08 Å². The highest BCUT2D eigenvalue weighted by Gasteiger charge is 2.23. The second-order valence-electron chi connectivity index (χ2n) is 10.9. The number of methoxy groups -OCH3 is 3. The predicted octanol–water partition coefficient (Wildman–Crippen LogP) is 8.90. The van der Waals surface area contributed by atoms with Gasteiger partial charge in [-0.05, 0) is 83.9 Å². The lowest BCUT2D eigenvalue weighted by molar-refractivity contribution is -0.116. The molecule has 260 valence electrons. The van der Waals surface area contributed by atoms with Gasteiger partial charge in [0.15, 0.2) is 11.5 Å². The Balaban J connectivity index is 1.38. The van der Waals surface area contributed by atoms with E-state index in [-0.39, 0.29) is 11.6 Å². The molecule has 0 bridgehead atoms. The fraction of sp³-hybridized carbons (Fsp3) is 0.103. The van der Waals surface area contributed by atoms with Gasteiger partial charge in [-0.3, -0.25) is 14.4 Å². The molecule has 5 aromatic carbocycles. The zero-order chi connectivity index (χ0) is 36.3. The quantitative estimate of drug-likeness (QED) is 0.0816. The van der Waals surface area contributed by atoms with Gasteiger partial charge >= 0.3 is 0 Å². The first kappa shape index (κ1) is 36.9. The standard InChI is InChI=1S/C39H33Cl2N3O6S/c1-48-33-19-24(20-34(49-2)35(33)50-3)18-32(44-37(45)26-12-8-5-9-13-26)38(46)42-29-14-16-31(17-15-29)51-36(25-10-6-4-7-11-25)39(47)43-30-22-27(40)21-28(41)23-30/h4-23,36H,1-3H3,(H,42,46)(H,43,47)(H,44,45)/b32-18-. The van der Waals surface area contributed by atoms with Crippen LogP contribution in [0.1, 0.15) is 26.7 Å². The van der Waals surface area contributed by atoms with Crippen molar-refractivity contribution in [3.63, 3.8) is 0 Å². The average molecular weight is 743 g/mol. The van der Waals surface area contributed by atoms with Gasteiger partial charge in [0.05, 0.1) is 21.3 Å². The molecule has 0 aliphatic heterocycles. The van der Waals surface area contributed by atoms with Crippen molar-refractivity contribution in [2.75, 3.05) is 32.0 Å². The fourth-order valence-corrected chi connectivity index (χ4v) is 6.53. The second-order valence-corrected chi connectivity index (χ2v) is 12.9. The van der Waals surface area contributed by atoms with E-state index < -0.39 is 17.1 Å². The number of halogens is 2. The monoisotopic (exact) mass is 741 g/mol. The molecular formula is C39H33Cl2N3O6S. The van der Waals surface area contributed by atoms with E-state index in [0.29, 0.717) is 49.8 Å². The van der Waals surface area contributed by atoms with Crippen LogP contribution in [-0.2, 0) is 9.59 Å². The smallest absolute Gasteiger partial charge is 0.272 e. The van der Waals surface area contributed by atoms with Gasteiger partial charge in [-0.15, -0.1) is 11.8 Å². The third kappa shape index (κ3) is 9.85. The Kier molecular flexibility index (Phi) is 12.6. The minimum Gasteiger partial charge on any atom is -0.493 e. The first-order valence-corrected chi connectivity index (χ1v) is 17.1. The van der Waals surface area contributed by atoms with E-state index >= 15 is 0 Å². The lowest BCUT2D eigenvalue weighted by atomic mass is 10.1. The van der Waals surface area contributed by atoms with Crippen molar-refractivity contribution in [3.05, 3.63) is 148 Å². The molecule has 0 spiro atoms. The van der Waals surface area contributed by atoms with Crippen LogP contribution in [0, 0.1) is 0 Å². The van der Waals surface area contributed by atoms with Gasteiger partial charge in [-0.1, -0.05) is 71.7 Å². The molecule has 0 saturated heterocycles. The van der Waals surface area contributed by atoms with Crippen LogP contribution < -0.4 is 30.2 Å². The Bertz CT molecular complexity index is 2000. The summed E-state index contributed by atoms with van der Waals surface area (Å²) >= 11 is 13.6.